The fraction of sp³-hybridized carbons (Fsp3) is 0.769. The molecule has 2 aliphatic rings. The molecule has 1 amide bonds. The number of nitrogens with zero attached hydrogens (tertiary/aromatic N) is 4. The van der Waals surface area contributed by atoms with Gasteiger partial charge < -0.3 is 0 Å². The summed E-state index contributed by atoms with van der Waals surface area (Å²) in [6.45, 7) is 4.40. The van der Waals surface area contributed by atoms with Crippen molar-refractivity contribution in [1.29, 1.82) is 0 Å². The average Bonchev–Trinajstić information content (AvgIpc) is 3.19. The van der Waals surface area contributed by atoms with E-state index in [9.17, 15) is 4.79 Å². The minimum absolute atomic E-state index is 0.0227. The Morgan fingerprint density at radius 2 is 2.26 bits per heavy atom. The molecule has 0 aromatic carbocycles. The Morgan fingerprint density at radius 3 is 3.00 bits per heavy atom. The van der Waals surface area contributed by atoms with Crippen LogP contribution in [0.5, 0.6) is 0 Å². The Bertz CT molecular complexity index is 466. The molecule has 1 fully saturated rings. The maximum Gasteiger partial charge on any atom is 0.240 e. The third kappa shape index (κ3) is 2.78. The van der Waals surface area contributed by atoms with Gasteiger partial charge in [-0.05, 0) is 32.2 Å². The fourth-order valence-corrected chi connectivity index (χ4v) is 2.69. The van der Waals surface area contributed by atoms with E-state index in [0.717, 1.165) is 38.2 Å². The number of hydrogen-bond donors (Lipinski definition) is 1. The van der Waals surface area contributed by atoms with E-state index < -0.39 is 0 Å². The molecule has 1 saturated carbocycles. The third-order valence-corrected chi connectivity index (χ3v) is 3.93. The predicted octanol–water partition coefficient (Wildman–Crippen LogP) is 1.04. The molecule has 1 aromatic rings. The molecule has 0 spiro atoms. The van der Waals surface area contributed by atoms with Crippen LogP contribution in [0.25, 0.3) is 0 Å². The van der Waals surface area contributed by atoms with Crippen LogP contribution < -0.4 is 5.32 Å². The standard InChI is InChI=1S/C13H21N5O/c1-2-17(10-6-7-10)9-12(19)14-13-16-15-11-5-3-4-8-18(11)13/h10H,2-9H2,1H3,(H,14,16,19). The summed E-state index contributed by atoms with van der Waals surface area (Å²) in [6, 6.07) is 0.614. The smallest absolute Gasteiger partial charge is 0.240 e. The van der Waals surface area contributed by atoms with Crippen molar-refractivity contribution in [1.82, 2.24) is 19.7 Å². The molecular weight excluding hydrogens is 242 g/mol. The summed E-state index contributed by atoms with van der Waals surface area (Å²) in [4.78, 5) is 14.3. The van der Waals surface area contributed by atoms with E-state index in [2.05, 4.69) is 27.3 Å². The van der Waals surface area contributed by atoms with Crippen LogP contribution in [0.1, 0.15) is 38.4 Å². The summed E-state index contributed by atoms with van der Waals surface area (Å²) < 4.78 is 2.04. The lowest BCUT2D eigenvalue weighted by atomic mass is 10.2. The molecule has 0 saturated heterocycles. The highest BCUT2D eigenvalue weighted by Crippen LogP contribution is 2.26. The Morgan fingerprint density at radius 1 is 1.42 bits per heavy atom. The minimum Gasteiger partial charge on any atom is -0.297 e. The first-order valence-corrected chi connectivity index (χ1v) is 7.24. The van der Waals surface area contributed by atoms with Crippen molar-refractivity contribution >= 4 is 11.9 Å². The van der Waals surface area contributed by atoms with Crippen LogP contribution in [0.3, 0.4) is 0 Å². The number of carbonyl (C=O) groups is 1. The Balaban J connectivity index is 1.61. The van der Waals surface area contributed by atoms with Crippen molar-refractivity contribution in [3.63, 3.8) is 0 Å². The predicted molar refractivity (Wildman–Crippen MR) is 71.9 cm³/mol. The van der Waals surface area contributed by atoms with E-state index in [1.54, 1.807) is 0 Å². The van der Waals surface area contributed by atoms with E-state index in [-0.39, 0.29) is 5.91 Å². The number of anilines is 1. The molecule has 19 heavy (non-hydrogen) atoms. The van der Waals surface area contributed by atoms with Gasteiger partial charge in [0.2, 0.25) is 11.9 Å². The van der Waals surface area contributed by atoms with E-state index in [0.29, 0.717) is 18.5 Å². The monoisotopic (exact) mass is 263 g/mol. The van der Waals surface area contributed by atoms with Crippen LogP contribution in [0, 0.1) is 0 Å². The van der Waals surface area contributed by atoms with Crippen molar-refractivity contribution in [2.24, 2.45) is 0 Å². The minimum atomic E-state index is 0.0227. The number of aromatic nitrogens is 3. The topological polar surface area (TPSA) is 63.1 Å². The van der Waals surface area contributed by atoms with Gasteiger partial charge >= 0.3 is 0 Å². The van der Waals surface area contributed by atoms with Gasteiger partial charge in [-0.25, -0.2) is 0 Å². The van der Waals surface area contributed by atoms with Gasteiger partial charge in [0.05, 0.1) is 6.54 Å². The molecule has 0 radical (unpaired) electrons. The first kappa shape index (κ1) is 12.6. The van der Waals surface area contributed by atoms with Gasteiger partial charge in [-0.2, -0.15) is 0 Å². The Labute approximate surface area is 113 Å². The van der Waals surface area contributed by atoms with E-state index >= 15 is 0 Å². The summed E-state index contributed by atoms with van der Waals surface area (Å²) in [7, 11) is 0. The van der Waals surface area contributed by atoms with Crippen molar-refractivity contribution in [3.05, 3.63) is 5.82 Å². The van der Waals surface area contributed by atoms with Crippen molar-refractivity contribution in [3.8, 4) is 0 Å². The van der Waals surface area contributed by atoms with Crippen LogP contribution in [0.4, 0.5) is 5.95 Å². The zero-order valence-corrected chi connectivity index (χ0v) is 11.4. The summed E-state index contributed by atoms with van der Waals surface area (Å²) in [5.41, 5.74) is 0. The van der Waals surface area contributed by atoms with Gasteiger partial charge in [0.25, 0.3) is 0 Å². The maximum atomic E-state index is 12.1. The zero-order valence-electron chi connectivity index (χ0n) is 11.4. The van der Waals surface area contributed by atoms with Crippen LogP contribution in [0.2, 0.25) is 0 Å². The molecule has 3 rings (SSSR count). The van der Waals surface area contributed by atoms with Crippen molar-refractivity contribution < 1.29 is 4.79 Å². The number of fused-ring (bicyclic) bond motifs is 1. The normalized spacial score (nSPS) is 18.4. The van der Waals surface area contributed by atoms with Crippen LogP contribution >= 0.6 is 0 Å². The molecule has 2 heterocycles. The van der Waals surface area contributed by atoms with Crippen LogP contribution in [-0.2, 0) is 17.8 Å². The second-order valence-electron chi connectivity index (χ2n) is 5.39. The van der Waals surface area contributed by atoms with Crippen molar-refractivity contribution in [2.45, 2.75) is 51.6 Å². The molecule has 6 nitrogen and oxygen atoms in total. The van der Waals surface area contributed by atoms with Gasteiger partial charge in [0, 0.05) is 19.0 Å². The quantitative estimate of drug-likeness (QED) is 0.862. The molecule has 6 heteroatoms. The Hall–Kier alpha value is -1.43. The number of carbonyl (C=O) groups excluding carboxylic acids is 1. The number of amides is 1. The highest BCUT2D eigenvalue weighted by molar-refractivity contribution is 5.90. The van der Waals surface area contributed by atoms with Gasteiger partial charge in [-0.1, -0.05) is 6.92 Å². The number of rotatable bonds is 5. The van der Waals surface area contributed by atoms with Gasteiger partial charge in [0.15, 0.2) is 0 Å². The number of hydrogen-bond acceptors (Lipinski definition) is 4. The van der Waals surface area contributed by atoms with E-state index in [4.69, 9.17) is 0 Å². The molecule has 1 aromatic heterocycles. The second kappa shape index (κ2) is 5.28. The average molecular weight is 263 g/mol. The van der Waals surface area contributed by atoms with Gasteiger partial charge in [-0.15, -0.1) is 10.2 Å². The lowest BCUT2D eigenvalue weighted by Gasteiger charge is -2.19. The zero-order chi connectivity index (χ0) is 13.2. The van der Waals surface area contributed by atoms with Gasteiger partial charge in [-0.3, -0.25) is 19.6 Å². The highest BCUT2D eigenvalue weighted by Gasteiger charge is 2.29. The molecule has 0 bridgehead atoms. The first-order valence-electron chi connectivity index (χ1n) is 7.24. The molecule has 1 N–H and O–H groups in total. The highest BCUT2D eigenvalue weighted by atomic mass is 16.2. The number of aryl methyl sites for hydroxylation is 1. The van der Waals surface area contributed by atoms with E-state index in [1.807, 2.05) is 4.57 Å². The lowest BCUT2D eigenvalue weighted by molar-refractivity contribution is -0.117. The fourth-order valence-electron chi connectivity index (χ4n) is 2.69. The molecule has 0 atom stereocenters. The Kier molecular flexibility index (Phi) is 3.50. The van der Waals surface area contributed by atoms with Crippen LogP contribution in [0.15, 0.2) is 0 Å². The largest absolute Gasteiger partial charge is 0.297 e. The molecular formula is C13H21N5O. The summed E-state index contributed by atoms with van der Waals surface area (Å²) in [5.74, 6) is 1.64. The molecule has 104 valence electrons. The summed E-state index contributed by atoms with van der Waals surface area (Å²) in [5, 5.41) is 11.1. The lowest BCUT2D eigenvalue weighted by Crippen LogP contribution is -2.35. The maximum absolute atomic E-state index is 12.1. The third-order valence-electron chi connectivity index (χ3n) is 3.93. The molecule has 1 aliphatic heterocycles. The van der Waals surface area contributed by atoms with E-state index in [1.165, 1.54) is 12.8 Å². The number of likely N-dealkylation sites (N-methyl/N-ethyl adjacent to an activating group) is 1. The van der Waals surface area contributed by atoms with Crippen molar-refractivity contribution in [2.75, 3.05) is 18.4 Å². The molecule has 1 aliphatic carbocycles. The summed E-state index contributed by atoms with van der Waals surface area (Å²) >= 11 is 0. The summed E-state index contributed by atoms with van der Waals surface area (Å²) in [6.07, 6.45) is 5.71. The molecule has 0 unspecified atom stereocenters. The SMILES string of the molecule is CCN(CC(=O)Nc1nnc2n1CCCC2)C1CC1. The second-order valence-corrected chi connectivity index (χ2v) is 5.39. The van der Waals surface area contributed by atoms with Gasteiger partial charge in [0.1, 0.15) is 5.82 Å². The first-order chi connectivity index (χ1) is 9.28. The number of nitrogens with one attached hydrogen (secondary N) is 1. The van der Waals surface area contributed by atoms with Crippen LogP contribution in [-0.4, -0.2) is 44.7 Å².